The highest BCUT2D eigenvalue weighted by molar-refractivity contribution is 7.91. The lowest BCUT2D eigenvalue weighted by Crippen LogP contribution is -2.29. The van der Waals surface area contributed by atoms with Gasteiger partial charge < -0.3 is 4.74 Å². The first kappa shape index (κ1) is 47.4. The number of para-hydroxylation sites is 2. The van der Waals surface area contributed by atoms with Gasteiger partial charge in [-0.05, 0) is 74.2 Å². The van der Waals surface area contributed by atoms with E-state index in [2.05, 4.69) is 9.71 Å². The van der Waals surface area contributed by atoms with Crippen molar-refractivity contribution in [2.75, 3.05) is 0 Å². The fraction of sp³-hybridized carbons (Fsp3) is 0.400. The number of hydrogen-bond donors (Lipinski definition) is 1. The van der Waals surface area contributed by atoms with E-state index in [4.69, 9.17) is 9.72 Å². The maximum absolute atomic E-state index is 11.4. The number of nitrogens with one attached hydrogen (secondary N) is 1. The zero-order valence-electron chi connectivity index (χ0n) is 23.9. The van der Waals surface area contributed by atoms with E-state index in [-0.39, 0.29) is 61.0 Å². The summed E-state index contributed by atoms with van der Waals surface area (Å²) in [6.07, 6.45) is 0.0779. The first-order chi connectivity index (χ1) is 19.5. The van der Waals surface area contributed by atoms with Gasteiger partial charge in [0, 0.05) is 12.0 Å². The van der Waals surface area contributed by atoms with E-state index < -0.39 is 10.0 Å². The Morgan fingerprint density at radius 1 is 0.717 bits per heavy atom. The highest BCUT2D eigenvalue weighted by Gasteiger charge is 2.16. The molecule has 0 atom stereocenters. The third kappa shape index (κ3) is 14.2. The molecule has 0 saturated heterocycles. The summed E-state index contributed by atoms with van der Waals surface area (Å²) < 4.78 is 31.5. The molecule has 4 heterocycles. The zero-order valence-corrected chi connectivity index (χ0v) is 27.2. The molecule has 0 radical (unpaired) electrons. The molecule has 5 aromatic rings. The average molecular weight is 710 g/mol. The summed E-state index contributed by atoms with van der Waals surface area (Å²) in [7, 11) is -3.25. The summed E-state index contributed by atoms with van der Waals surface area (Å²) in [5.74, 6) is 0.977. The third-order valence-electron chi connectivity index (χ3n) is 5.08. The number of Topliss-reactive ketones (excluding diaryl/α,β-unsaturated/α-hetero) is 1. The van der Waals surface area contributed by atoms with Gasteiger partial charge in [-0.2, -0.15) is 0 Å². The minimum absolute atomic E-state index is 0. The molecule has 0 bridgehead atoms. The highest BCUT2D eigenvalue weighted by atomic mass is 32.2. The lowest BCUT2D eigenvalue weighted by molar-refractivity contribution is 0.0943. The number of aromatic nitrogens is 2. The molecule has 258 valence electrons. The number of carbonyl (C=O) groups excluding carboxylic acids is 1. The van der Waals surface area contributed by atoms with Gasteiger partial charge >= 0.3 is 0 Å². The number of nitrogens with zero attached hydrogens (tertiary/aromatic N) is 2. The van der Waals surface area contributed by atoms with Crippen molar-refractivity contribution in [2.24, 2.45) is 5.92 Å². The molecule has 46 heavy (non-hydrogen) atoms. The van der Waals surface area contributed by atoms with Crippen molar-refractivity contribution in [3.05, 3.63) is 81.7 Å². The van der Waals surface area contributed by atoms with Crippen LogP contribution in [0.5, 0.6) is 5.88 Å². The van der Waals surface area contributed by atoms with Crippen LogP contribution in [0.1, 0.15) is 88.3 Å². The summed E-state index contributed by atoms with van der Waals surface area (Å²) in [6.45, 7) is 11.4. The molecule has 4 aromatic heterocycles. The van der Waals surface area contributed by atoms with Crippen LogP contribution in [0.25, 0.3) is 21.6 Å². The predicted octanol–water partition coefficient (Wildman–Crippen LogP) is 11.3. The van der Waals surface area contributed by atoms with E-state index >= 15 is 0 Å². The van der Waals surface area contributed by atoms with Crippen molar-refractivity contribution in [1.29, 1.82) is 0 Å². The van der Waals surface area contributed by atoms with Gasteiger partial charge in [0.05, 0.1) is 26.9 Å². The topological polar surface area (TPSA) is 98.2 Å². The van der Waals surface area contributed by atoms with E-state index in [1.54, 1.807) is 42.7 Å². The Morgan fingerprint density at radius 3 is 1.72 bits per heavy atom. The number of ketones is 1. The summed E-state index contributed by atoms with van der Waals surface area (Å²) in [4.78, 5) is 22.5. The number of sulfonamides is 1. The Balaban J connectivity index is -0.000000606. The van der Waals surface area contributed by atoms with E-state index in [1.807, 2.05) is 87.0 Å². The number of fused-ring (bicyclic) bond motifs is 1. The molecule has 1 aromatic carbocycles. The summed E-state index contributed by atoms with van der Waals surface area (Å²) >= 11 is 4.37. The Morgan fingerprint density at radius 2 is 1.26 bits per heavy atom. The standard InChI is InChI=1S/C15H14N2OS.C8H10OS.C7H11NO2S2.5CH4/c1-10(2)18-15-14(13-8-5-9-19-13)16-11-6-3-4-7-12(11)17-15;1-6(2)8(9)7-4-3-5-10-7;1-6(2)8-12(9,10)7-4-3-5-11-7;;;;;/h3-10H,1-2H3;3-6H,1-2H3;3-6,8H,1-2H3;5*1H4. The Labute approximate surface area is 291 Å². The molecule has 7 nitrogen and oxygen atoms in total. The van der Waals surface area contributed by atoms with Gasteiger partial charge in [0.15, 0.2) is 5.78 Å². The van der Waals surface area contributed by atoms with Crippen LogP contribution in [0.3, 0.4) is 0 Å². The Bertz CT molecular complexity index is 1600. The fourth-order valence-corrected chi connectivity index (χ4v) is 7.13. The molecule has 0 aliphatic carbocycles. The molecule has 0 saturated carbocycles. The number of hydrogen-bond acceptors (Lipinski definition) is 9. The van der Waals surface area contributed by atoms with Crippen molar-refractivity contribution < 1.29 is 17.9 Å². The third-order valence-corrected chi connectivity index (χ3v) is 9.90. The van der Waals surface area contributed by atoms with Crippen molar-refractivity contribution in [3.8, 4) is 16.5 Å². The van der Waals surface area contributed by atoms with E-state index in [0.29, 0.717) is 10.1 Å². The van der Waals surface area contributed by atoms with Crippen LogP contribution >= 0.6 is 34.0 Å². The van der Waals surface area contributed by atoms with Gasteiger partial charge in [0.2, 0.25) is 15.9 Å². The van der Waals surface area contributed by atoms with Crippen LogP contribution in [-0.2, 0) is 10.0 Å². The predicted molar refractivity (Wildman–Crippen MR) is 206 cm³/mol. The fourth-order valence-electron chi connectivity index (χ4n) is 3.35. The summed E-state index contributed by atoms with van der Waals surface area (Å²) in [5, 5.41) is 5.70. The van der Waals surface area contributed by atoms with Crippen molar-refractivity contribution in [3.63, 3.8) is 0 Å². The van der Waals surface area contributed by atoms with Gasteiger partial charge in [-0.1, -0.05) is 81.3 Å². The largest absolute Gasteiger partial charge is 0.473 e. The molecule has 0 fully saturated rings. The maximum atomic E-state index is 11.4. The van der Waals surface area contributed by atoms with Crippen LogP contribution in [0.15, 0.2) is 81.0 Å². The molecule has 1 N–H and O–H groups in total. The summed E-state index contributed by atoms with van der Waals surface area (Å²) in [6, 6.07) is 18.9. The average Bonchev–Trinajstić information content (AvgIpc) is 3.71. The van der Waals surface area contributed by atoms with Crippen molar-refractivity contribution in [1.82, 2.24) is 14.7 Å². The van der Waals surface area contributed by atoms with Gasteiger partial charge in [0.25, 0.3) is 0 Å². The molecule has 0 unspecified atom stereocenters. The van der Waals surface area contributed by atoms with Gasteiger partial charge in [-0.15, -0.1) is 34.0 Å². The van der Waals surface area contributed by atoms with Crippen LogP contribution in [0, 0.1) is 5.92 Å². The quantitative estimate of drug-likeness (QED) is 0.161. The van der Waals surface area contributed by atoms with Crippen LogP contribution in [0.4, 0.5) is 0 Å². The number of thiophene rings is 3. The van der Waals surface area contributed by atoms with Gasteiger partial charge in [0.1, 0.15) is 9.90 Å². The zero-order chi connectivity index (χ0) is 30.0. The second-order valence-electron chi connectivity index (χ2n) is 9.71. The normalized spacial score (nSPS) is 10.0. The second kappa shape index (κ2) is 22.5. The molecule has 0 aliphatic rings. The van der Waals surface area contributed by atoms with E-state index in [0.717, 1.165) is 26.5 Å². The van der Waals surface area contributed by atoms with Crippen molar-refractivity contribution >= 4 is 60.9 Å². The molecular weight excluding hydrogens is 655 g/mol. The second-order valence-corrected chi connectivity index (χ2v) is 14.5. The number of rotatable bonds is 8. The number of carbonyl (C=O) groups is 1. The van der Waals surface area contributed by atoms with E-state index in [1.165, 1.54) is 22.7 Å². The Hall–Kier alpha value is -2.96. The molecule has 11 heteroatoms. The van der Waals surface area contributed by atoms with Gasteiger partial charge in [-0.3, -0.25) is 4.79 Å². The van der Waals surface area contributed by atoms with Gasteiger partial charge in [-0.25, -0.2) is 23.1 Å². The lowest BCUT2D eigenvalue weighted by Gasteiger charge is -2.12. The van der Waals surface area contributed by atoms with E-state index in [9.17, 15) is 13.2 Å². The minimum atomic E-state index is -3.25. The monoisotopic (exact) mass is 709 g/mol. The molecule has 0 amide bonds. The minimum Gasteiger partial charge on any atom is -0.473 e. The lowest BCUT2D eigenvalue weighted by atomic mass is 10.1. The van der Waals surface area contributed by atoms with Crippen LogP contribution in [0.2, 0.25) is 0 Å². The van der Waals surface area contributed by atoms with Crippen molar-refractivity contribution in [2.45, 2.75) is 95.0 Å². The maximum Gasteiger partial charge on any atom is 0.250 e. The number of benzene rings is 1. The first-order valence-corrected chi connectivity index (χ1v) is 17.2. The Kier molecular flexibility index (Phi) is 23.3. The van der Waals surface area contributed by atoms with Crippen LogP contribution < -0.4 is 9.46 Å². The molecule has 0 spiro atoms. The smallest absolute Gasteiger partial charge is 0.250 e. The molecule has 5 rings (SSSR count). The summed E-state index contributed by atoms with van der Waals surface area (Å²) in [5.41, 5.74) is 2.57. The first-order valence-electron chi connectivity index (χ1n) is 13.1. The SMILES string of the molecule is C.C.C.C.C.CC(C)C(=O)c1cccs1.CC(C)NS(=O)(=O)c1cccs1.CC(C)Oc1nc2ccccc2nc1-c1cccs1. The number of ether oxygens (including phenoxy) is 1. The molecular formula is C35H55N3O4S4. The van der Waals surface area contributed by atoms with Crippen LogP contribution in [-0.4, -0.2) is 36.3 Å². The highest BCUT2D eigenvalue weighted by Crippen LogP contribution is 2.32. The molecule has 0 aliphatic heterocycles.